The van der Waals surface area contributed by atoms with Crippen LogP contribution in [0.25, 0.3) is 0 Å². The van der Waals surface area contributed by atoms with E-state index in [-0.39, 0.29) is 18.5 Å². The third-order valence-corrected chi connectivity index (χ3v) is 2.48. The second-order valence-corrected chi connectivity index (χ2v) is 3.92. The van der Waals surface area contributed by atoms with Gasteiger partial charge in [0.2, 0.25) is 0 Å². The molecule has 80 valence electrons. The number of aliphatic carboxylic acids is 1. The minimum atomic E-state index is -0.764. The zero-order chi connectivity index (χ0) is 10.6. The molecule has 14 heavy (non-hydrogen) atoms. The third kappa shape index (κ3) is 3.77. The summed E-state index contributed by atoms with van der Waals surface area (Å²) in [4.78, 5) is 21.1. The maximum Gasteiger partial charge on any atom is 0.306 e. The van der Waals surface area contributed by atoms with E-state index in [9.17, 15) is 9.59 Å². The topological polar surface area (TPSA) is 63.6 Å². The van der Waals surface area contributed by atoms with Gasteiger partial charge in [-0.2, -0.15) is 0 Å². The summed E-state index contributed by atoms with van der Waals surface area (Å²) >= 11 is 0. The first kappa shape index (κ1) is 11.0. The van der Waals surface area contributed by atoms with E-state index in [1.807, 2.05) is 6.92 Å². The average Bonchev–Trinajstić information content (AvgIpc) is 2.48. The van der Waals surface area contributed by atoms with Crippen LogP contribution in [0.3, 0.4) is 0 Å². The van der Waals surface area contributed by atoms with Gasteiger partial charge in [-0.05, 0) is 25.2 Å². The molecule has 4 heteroatoms. The van der Waals surface area contributed by atoms with Crippen molar-refractivity contribution >= 4 is 11.9 Å². The van der Waals surface area contributed by atoms with Gasteiger partial charge in [-0.3, -0.25) is 9.59 Å². The molecule has 0 radical (unpaired) electrons. The van der Waals surface area contributed by atoms with E-state index >= 15 is 0 Å². The third-order valence-electron chi connectivity index (χ3n) is 2.48. The van der Waals surface area contributed by atoms with Crippen LogP contribution < -0.4 is 0 Å². The van der Waals surface area contributed by atoms with Crippen LogP contribution in [0.15, 0.2) is 0 Å². The molecule has 0 bridgehead atoms. The van der Waals surface area contributed by atoms with Gasteiger partial charge in [-0.1, -0.05) is 6.92 Å². The molecule has 2 atom stereocenters. The number of hydrogen-bond acceptors (Lipinski definition) is 3. The average molecular weight is 200 g/mol. The first-order valence-corrected chi connectivity index (χ1v) is 4.99. The van der Waals surface area contributed by atoms with Crippen LogP contribution in [-0.4, -0.2) is 23.1 Å². The number of esters is 1. The molecule has 0 aromatic rings. The Morgan fingerprint density at radius 2 is 2.43 bits per heavy atom. The predicted molar refractivity (Wildman–Crippen MR) is 49.8 cm³/mol. The van der Waals surface area contributed by atoms with Gasteiger partial charge in [-0.25, -0.2) is 0 Å². The highest BCUT2D eigenvalue weighted by atomic mass is 16.5. The van der Waals surface area contributed by atoms with Crippen molar-refractivity contribution in [2.24, 2.45) is 5.92 Å². The highest BCUT2D eigenvalue weighted by Gasteiger charge is 2.24. The molecular formula is C10H16O4. The van der Waals surface area contributed by atoms with Crippen LogP contribution in [0.5, 0.6) is 0 Å². The minimum absolute atomic E-state index is 0.0197. The summed E-state index contributed by atoms with van der Waals surface area (Å²) in [6.45, 7) is 2.00. The second-order valence-electron chi connectivity index (χ2n) is 3.92. The lowest BCUT2D eigenvalue weighted by Crippen LogP contribution is -2.12. The van der Waals surface area contributed by atoms with Crippen molar-refractivity contribution < 1.29 is 19.4 Å². The summed E-state index contributed by atoms with van der Waals surface area (Å²) in [7, 11) is 0. The molecule has 1 aliphatic heterocycles. The Balaban J connectivity index is 2.16. The number of rotatable bonds is 5. The van der Waals surface area contributed by atoms with E-state index in [1.54, 1.807) is 0 Å². The minimum Gasteiger partial charge on any atom is -0.481 e. The lowest BCUT2D eigenvalue weighted by Gasteiger charge is -2.14. The van der Waals surface area contributed by atoms with Crippen LogP contribution in [-0.2, 0) is 14.3 Å². The maximum atomic E-state index is 10.8. The number of carbonyl (C=O) groups is 2. The van der Waals surface area contributed by atoms with E-state index in [2.05, 4.69) is 0 Å². The van der Waals surface area contributed by atoms with Crippen molar-refractivity contribution in [2.45, 2.75) is 45.1 Å². The smallest absolute Gasteiger partial charge is 0.306 e. The zero-order valence-electron chi connectivity index (χ0n) is 8.36. The van der Waals surface area contributed by atoms with E-state index in [0.29, 0.717) is 18.8 Å². The van der Waals surface area contributed by atoms with Gasteiger partial charge in [0, 0.05) is 12.8 Å². The highest BCUT2D eigenvalue weighted by Crippen LogP contribution is 2.22. The fraction of sp³-hybridized carbons (Fsp3) is 0.800. The molecule has 4 nitrogen and oxygen atoms in total. The SMILES string of the molecule is CC(CCC(=O)O)CC1CCC(=O)O1. The van der Waals surface area contributed by atoms with Crippen molar-refractivity contribution in [3.05, 3.63) is 0 Å². The van der Waals surface area contributed by atoms with Crippen molar-refractivity contribution in [3.63, 3.8) is 0 Å². The standard InChI is InChI=1S/C10H16O4/c1-7(2-4-9(11)12)6-8-3-5-10(13)14-8/h7-8H,2-6H2,1H3,(H,11,12). The van der Waals surface area contributed by atoms with Crippen LogP contribution in [0.1, 0.15) is 39.0 Å². The largest absolute Gasteiger partial charge is 0.481 e. The van der Waals surface area contributed by atoms with Crippen molar-refractivity contribution in [1.29, 1.82) is 0 Å². The Kier molecular flexibility index (Phi) is 3.92. The molecule has 0 amide bonds. The zero-order valence-corrected chi connectivity index (χ0v) is 8.36. The Morgan fingerprint density at radius 1 is 1.71 bits per heavy atom. The Bertz CT molecular complexity index is 224. The highest BCUT2D eigenvalue weighted by molar-refractivity contribution is 5.71. The van der Waals surface area contributed by atoms with Crippen molar-refractivity contribution in [1.82, 2.24) is 0 Å². The molecule has 1 aliphatic rings. The van der Waals surface area contributed by atoms with Gasteiger partial charge in [0.25, 0.3) is 0 Å². The molecule has 2 unspecified atom stereocenters. The van der Waals surface area contributed by atoms with Crippen LogP contribution in [0.4, 0.5) is 0 Å². The lowest BCUT2D eigenvalue weighted by molar-refractivity contribution is -0.142. The van der Waals surface area contributed by atoms with Crippen LogP contribution in [0.2, 0.25) is 0 Å². The fourth-order valence-electron chi connectivity index (χ4n) is 1.69. The molecule has 0 saturated carbocycles. The number of hydrogen-bond donors (Lipinski definition) is 1. The van der Waals surface area contributed by atoms with Gasteiger partial charge in [0.05, 0.1) is 0 Å². The quantitative estimate of drug-likeness (QED) is 0.684. The number of cyclic esters (lactones) is 1. The molecule has 1 fully saturated rings. The molecular weight excluding hydrogens is 184 g/mol. The Labute approximate surface area is 83.2 Å². The Hall–Kier alpha value is -1.06. The summed E-state index contributed by atoms with van der Waals surface area (Å²) in [5, 5.41) is 8.48. The molecule has 1 heterocycles. The number of carboxylic acid groups (broad SMARTS) is 1. The molecule has 1 saturated heterocycles. The number of carbonyl (C=O) groups excluding carboxylic acids is 1. The van der Waals surface area contributed by atoms with Gasteiger partial charge >= 0.3 is 11.9 Å². The number of ether oxygens (including phenoxy) is 1. The first-order chi connectivity index (χ1) is 6.58. The van der Waals surface area contributed by atoms with E-state index in [0.717, 1.165) is 12.8 Å². The van der Waals surface area contributed by atoms with Crippen molar-refractivity contribution in [3.8, 4) is 0 Å². The van der Waals surface area contributed by atoms with Crippen molar-refractivity contribution in [2.75, 3.05) is 0 Å². The summed E-state index contributed by atoms with van der Waals surface area (Å²) in [5.74, 6) is -0.581. The van der Waals surface area contributed by atoms with E-state index in [1.165, 1.54) is 0 Å². The van der Waals surface area contributed by atoms with Gasteiger partial charge < -0.3 is 9.84 Å². The fourth-order valence-corrected chi connectivity index (χ4v) is 1.69. The maximum absolute atomic E-state index is 10.8. The molecule has 0 aromatic carbocycles. The van der Waals surface area contributed by atoms with Crippen LogP contribution >= 0.6 is 0 Å². The number of carboxylic acids is 1. The summed E-state index contributed by atoms with van der Waals surface area (Å²) in [6, 6.07) is 0. The van der Waals surface area contributed by atoms with Crippen LogP contribution in [0, 0.1) is 5.92 Å². The monoisotopic (exact) mass is 200 g/mol. The molecule has 0 aromatic heterocycles. The van der Waals surface area contributed by atoms with Gasteiger partial charge in [0.15, 0.2) is 0 Å². The van der Waals surface area contributed by atoms with E-state index in [4.69, 9.17) is 9.84 Å². The Morgan fingerprint density at radius 3 is 2.93 bits per heavy atom. The summed E-state index contributed by atoms with van der Waals surface area (Å²) in [5.41, 5.74) is 0. The second kappa shape index (κ2) is 4.98. The van der Waals surface area contributed by atoms with Gasteiger partial charge in [-0.15, -0.1) is 0 Å². The molecule has 1 N–H and O–H groups in total. The molecule has 0 spiro atoms. The summed E-state index contributed by atoms with van der Waals surface area (Å²) in [6.07, 6.45) is 2.96. The summed E-state index contributed by atoms with van der Waals surface area (Å²) < 4.78 is 5.05. The normalized spacial score (nSPS) is 23.2. The van der Waals surface area contributed by atoms with Gasteiger partial charge in [0.1, 0.15) is 6.10 Å². The predicted octanol–water partition coefficient (Wildman–Crippen LogP) is 1.58. The molecule has 1 rings (SSSR count). The van der Waals surface area contributed by atoms with E-state index < -0.39 is 5.97 Å². The lowest BCUT2D eigenvalue weighted by atomic mass is 9.97. The molecule has 0 aliphatic carbocycles. The first-order valence-electron chi connectivity index (χ1n) is 4.99.